The molecule has 2 N–H and O–H groups in total. The lowest BCUT2D eigenvalue weighted by Gasteiger charge is -2.36. The van der Waals surface area contributed by atoms with Crippen LogP contribution in [0.15, 0.2) is 36.9 Å². The van der Waals surface area contributed by atoms with Crippen LogP contribution < -0.4 is 0 Å². The van der Waals surface area contributed by atoms with E-state index in [1.807, 2.05) is 24.3 Å². The monoisotopic (exact) mass is 483 g/mol. The van der Waals surface area contributed by atoms with E-state index in [4.69, 9.17) is 4.74 Å². The maximum Gasteiger partial charge on any atom is 0.310 e. The number of carboxylic acids is 1. The number of rotatable bonds is 9. The summed E-state index contributed by atoms with van der Waals surface area (Å²) >= 11 is 0. The van der Waals surface area contributed by atoms with Gasteiger partial charge < -0.3 is 24.7 Å². The number of hydrogen-bond donors (Lipinski definition) is 2. The number of benzene rings is 1. The van der Waals surface area contributed by atoms with Gasteiger partial charge in [-0.05, 0) is 38.3 Å². The molecule has 1 spiro atoms. The number of aromatic nitrogens is 3. The zero-order valence-corrected chi connectivity index (χ0v) is 19.5. The summed E-state index contributed by atoms with van der Waals surface area (Å²) < 4.78 is 7.99. The minimum Gasteiger partial charge on any atom is -0.481 e. The first-order valence-corrected chi connectivity index (χ1v) is 11.8. The summed E-state index contributed by atoms with van der Waals surface area (Å²) in [7, 11) is 0. The fraction of sp³-hybridized carbons (Fsp3) is 0.542. The zero-order chi connectivity index (χ0) is 25.0. The number of aliphatic hydroxyl groups excluding tert-OH is 1. The molecule has 2 bridgehead atoms. The first-order valence-electron chi connectivity index (χ1n) is 11.8. The van der Waals surface area contributed by atoms with Gasteiger partial charge in [-0.3, -0.25) is 14.4 Å². The second-order valence-corrected chi connectivity index (χ2v) is 9.74. The van der Waals surface area contributed by atoms with Gasteiger partial charge in [-0.2, -0.15) is 0 Å². The van der Waals surface area contributed by atoms with Gasteiger partial charge in [0.1, 0.15) is 23.8 Å². The van der Waals surface area contributed by atoms with Crippen LogP contribution in [-0.2, 0) is 25.8 Å². The Morgan fingerprint density at radius 1 is 1.34 bits per heavy atom. The summed E-state index contributed by atoms with van der Waals surface area (Å²) in [5.41, 5.74) is -0.806. The van der Waals surface area contributed by atoms with Gasteiger partial charge in [0.2, 0.25) is 11.8 Å². The van der Waals surface area contributed by atoms with Crippen LogP contribution in [0.5, 0.6) is 0 Å². The van der Waals surface area contributed by atoms with Gasteiger partial charge in [-0.25, -0.2) is 4.68 Å². The molecular formula is C24H29N5O6. The highest BCUT2D eigenvalue weighted by Crippen LogP contribution is 2.63. The average Bonchev–Trinajstić information content (AvgIpc) is 3.53. The SMILES string of the molecule is C=CCN(Cn1nnc2ccccc21)C(=O)C1N(CCCO)C(=O)[C@@H]2[C@H](C(=O)O)[C@]3(C)CCC12O3. The van der Waals surface area contributed by atoms with Crippen LogP contribution in [-0.4, -0.2) is 89.7 Å². The van der Waals surface area contributed by atoms with Crippen molar-refractivity contribution >= 4 is 28.8 Å². The quantitative estimate of drug-likeness (QED) is 0.496. The van der Waals surface area contributed by atoms with Crippen LogP contribution in [0.25, 0.3) is 11.0 Å². The molecule has 5 atom stereocenters. The molecule has 3 fully saturated rings. The van der Waals surface area contributed by atoms with Gasteiger partial charge >= 0.3 is 5.97 Å². The lowest BCUT2D eigenvalue weighted by Crippen LogP contribution is -2.56. The Kier molecular flexibility index (Phi) is 5.64. The van der Waals surface area contributed by atoms with E-state index in [2.05, 4.69) is 16.9 Å². The highest BCUT2D eigenvalue weighted by Gasteiger charge is 2.78. The number of fused-ring (bicyclic) bond motifs is 2. The van der Waals surface area contributed by atoms with Crippen molar-refractivity contribution in [3.8, 4) is 0 Å². The highest BCUT2D eigenvalue weighted by molar-refractivity contribution is 5.98. The summed E-state index contributed by atoms with van der Waals surface area (Å²) in [4.78, 5) is 42.9. The van der Waals surface area contributed by atoms with Crippen molar-refractivity contribution in [3.63, 3.8) is 0 Å². The van der Waals surface area contributed by atoms with Crippen LogP contribution in [0.1, 0.15) is 26.2 Å². The molecule has 3 aliphatic rings. The van der Waals surface area contributed by atoms with E-state index in [1.165, 1.54) is 9.80 Å². The minimum atomic E-state index is -1.23. The minimum absolute atomic E-state index is 0.0737. The fourth-order valence-corrected chi connectivity index (χ4v) is 6.29. The molecule has 1 aromatic carbocycles. The second kappa shape index (κ2) is 8.42. The maximum atomic E-state index is 14.2. The number of aliphatic hydroxyl groups is 1. The molecule has 2 unspecified atom stereocenters. The molecule has 0 saturated carbocycles. The van der Waals surface area contributed by atoms with Crippen LogP contribution in [0.4, 0.5) is 0 Å². The molecule has 5 rings (SSSR count). The number of carboxylic acid groups (broad SMARTS) is 1. The number of ether oxygens (including phenoxy) is 1. The highest BCUT2D eigenvalue weighted by atomic mass is 16.5. The van der Waals surface area contributed by atoms with Gasteiger partial charge in [-0.15, -0.1) is 11.7 Å². The topological polar surface area (TPSA) is 138 Å². The van der Waals surface area contributed by atoms with E-state index >= 15 is 0 Å². The van der Waals surface area contributed by atoms with E-state index in [9.17, 15) is 24.6 Å². The molecule has 2 amide bonds. The molecule has 11 heteroatoms. The summed E-state index contributed by atoms with van der Waals surface area (Å²) in [6.07, 6.45) is 2.71. The predicted molar refractivity (Wildman–Crippen MR) is 123 cm³/mol. The number of likely N-dealkylation sites (tertiary alicyclic amines) is 1. The van der Waals surface area contributed by atoms with Gasteiger partial charge in [0.15, 0.2) is 0 Å². The van der Waals surface area contributed by atoms with E-state index in [0.717, 1.165) is 5.52 Å². The number of amides is 2. The summed E-state index contributed by atoms with van der Waals surface area (Å²) in [5.74, 6) is -3.86. The van der Waals surface area contributed by atoms with Gasteiger partial charge in [0.25, 0.3) is 0 Å². The molecule has 4 heterocycles. The Labute approximate surface area is 201 Å². The standard InChI is InChI=1S/C24H29N5O6/c1-3-11-27(14-29-16-8-5-4-7-15(16)25-26-29)21(32)19-24-10-9-23(2,35-24)18(22(33)34)17(24)20(31)28(19)12-6-13-30/h3-5,7-8,17-19,30H,1,6,9-14H2,2H3,(H,33,34)/t17-,18+,19?,23-,24?/m0/s1. The molecule has 3 aliphatic heterocycles. The van der Waals surface area contributed by atoms with E-state index < -0.39 is 41.0 Å². The van der Waals surface area contributed by atoms with Crippen LogP contribution in [0, 0.1) is 11.8 Å². The van der Waals surface area contributed by atoms with Crippen molar-refractivity contribution in [1.29, 1.82) is 0 Å². The molecule has 1 aromatic heterocycles. The Morgan fingerprint density at radius 3 is 2.83 bits per heavy atom. The predicted octanol–water partition coefficient (Wildman–Crippen LogP) is 0.635. The van der Waals surface area contributed by atoms with E-state index in [0.29, 0.717) is 18.4 Å². The smallest absolute Gasteiger partial charge is 0.310 e. The molecule has 3 saturated heterocycles. The first-order chi connectivity index (χ1) is 16.8. The Morgan fingerprint density at radius 2 is 2.11 bits per heavy atom. The number of carbonyl (C=O) groups is 3. The Hall–Kier alpha value is -3.31. The van der Waals surface area contributed by atoms with Crippen LogP contribution in [0.3, 0.4) is 0 Å². The lowest BCUT2D eigenvalue weighted by atomic mass is 9.66. The van der Waals surface area contributed by atoms with Crippen molar-refractivity contribution in [3.05, 3.63) is 36.9 Å². The molecule has 186 valence electrons. The fourth-order valence-electron chi connectivity index (χ4n) is 6.29. The Balaban J connectivity index is 1.54. The van der Waals surface area contributed by atoms with Gasteiger partial charge in [-0.1, -0.05) is 23.4 Å². The van der Waals surface area contributed by atoms with Crippen LogP contribution >= 0.6 is 0 Å². The van der Waals surface area contributed by atoms with Crippen LogP contribution in [0.2, 0.25) is 0 Å². The van der Waals surface area contributed by atoms with Gasteiger partial charge in [0, 0.05) is 19.7 Å². The largest absolute Gasteiger partial charge is 0.481 e. The van der Waals surface area contributed by atoms with Gasteiger partial charge in [0.05, 0.1) is 23.0 Å². The summed E-state index contributed by atoms with van der Waals surface area (Å²) in [6, 6.07) is 6.38. The third kappa shape index (κ3) is 3.36. The number of aliphatic carboxylic acids is 1. The summed E-state index contributed by atoms with van der Waals surface area (Å²) in [5, 5.41) is 27.8. The number of nitrogens with zero attached hydrogens (tertiary/aromatic N) is 5. The zero-order valence-electron chi connectivity index (χ0n) is 19.5. The third-order valence-corrected chi connectivity index (χ3v) is 7.72. The van der Waals surface area contributed by atoms with Crippen molar-refractivity contribution < 1.29 is 29.3 Å². The molecule has 2 aromatic rings. The van der Waals surface area contributed by atoms with Crippen molar-refractivity contribution in [1.82, 2.24) is 24.8 Å². The van der Waals surface area contributed by atoms with E-state index in [1.54, 1.807) is 17.7 Å². The van der Waals surface area contributed by atoms with Crippen molar-refractivity contribution in [2.75, 3.05) is 19.7 Å². The molecule has 11 nitrogen and oxygen atoms in total. The number of para-hydroxylation sites is 1. The van der Waals surface area contributed by atoms with Crippen molar-refractivity contribution in [2.45, 2.75) is 50.1 Å². The first kappa shape index (κ1) is 23.4. The lowest BCUT2D eigenvalue weighted by molar-refractivity contribution is -0.156. The number of carbonyl (C=O) groups excluding carboxylic acids is 2. The second-order valence-electron chi connectivity index (χ2n) is 9.74. The normalized spacial score (nSPS) is 31.2. The van der Waals surface area contributed by atoms with Crippen molar-refractivity contribution in [2.24, 2.45) is 11.8 Å². The third-order valence-electron chi connectivity index (χ3n) is 7.72. The average molecular weight is 484 g/mol. The Bertz CT molecular complexity index is 1200. The molecule has 0 aliphatic carbocycles. The maximum absolute atomic E-state index is 14.2. The summed E-state index contributed by atoms with van der Waals surface area (Å²) in [6.45, 7) is 5.73. The molecular weight excluding hydrogens is 454 g/mol. The van der Waals surface area contributed by atoms with E-state index in [-0.39, 0.29) is 38.7 Å². The number of hydrogen-bond acceptors (Lipinski definition) is 7. The molecule has 35 heavy (non-hydrogen) atoms. The molecule has 0 radical (unpaired) electrons.